The summed E-state index contributed by atoms with van der Waals surface area (Å²) in [4.78, 5) is 26.3. The van der Waals surface area contributed by atoms with Crippen molar-refractivity contribution in [1.82, 2.24) is 0 Å². The van der Waals surface area contributed by atoms with Gasteiger partial charge in [-0.15, -0.1) is 6.58 Å². The lowest BCUT2D eigenvalue weighted by atomic mass is 9.81. The van der Waals surface area contributed by atoms with Gasteiger partial charge in [0.15, 0.2) is 6.10 Å². The highest BCUT2D eigenvalue weighted by Gasteiger charge is 2.51. The molecule has 0 radical (unpaired) electrons. The standard InChI is InChI=1S/C35H40O18/c1-2-17-18-6-7-47-31(45)20(18)13-48-33(17)53-35-30(28(43)26(41)23(12-37)51-35)52-32(46)24-19(14-4-3-5-15(38)8-14)9-16(10-21(24)39)49-34-29(44)27(42)25(40)22(11-36)50-34/h2-5,8-10,13,17-18,22-23,25-30,33-44H,1,6-7,11-12H2/t17-,18+,22-,23+,25+,26-,27-,28+,29-,30-,33+,34+,35-/m1/s1. The van der Waals surface area contributed by atoms with Crippen molar-refractivity contribution >= 4 is 11.9 Å². The van der Waals surface area contributed by atoms with Gasteiger partial charge >= 0.3 is 11.9 Å². The Morgan fingerprint density at radius 3 is 2.26 bits per heavy atom. The maximum absolute atomic E-state index is 14.0. The lowest BCUT2D eigenvalue weighted by Gasteiger charge is -2.44. The zero-order valence-electron chi connectivity index (χ0n) is 27.9. The van der Waals surface area contributed by atoms with Crippen LogP contribution >= 0.6 is 0 Å². The first-order valence-corrected chi connectivity index (χ1v) is 16.6. The molecular weight excluding hydrogens is 708 g/mol. The number of carbonyl (C=O) groups excluding carboxylic acids is 2. The Morgan fingerprint density at radius 2 is 1.58 bits per heavy atom. The molecule has 3 saturated heterocycles. The van der Waals surface area contributed by atoms with E-state index in [0.717, 1.165) is 6.07 Å². The van der Waals surface area contributed by atoms with Crippen molar-refractivity contribution in [3.8, 4) is 28.4 Å². The summed E-state index contributed by atoms with van der Waals surface area (Å²) in [5, 5.41) is 93.7. The Balaban J connectivity index is 1.32. The van der Waals surface area contributed by atoms with E-state index in [0.29, 0.717) is 6.42 Å². The second-order valence-electron chi connectivity index (χ2n) is 12.9. The predicted octanol–water partition coefficient (Wildman–Crippen LogP) is -1.47. The van der Waals surface area contributed by atoms with Crippen molar-refractivity contribution in [2.45, 2.75) is 74.1 Å². The third-order valence-electron chi connectivity index (χ3n) is 9.57. The van der Waals surface area contributed by atoms with Crippen LogP contribution in [0.2, 0.25) is 0 Å². The van der Waals surface area contributed by atoms with Gasteiger partial charge in [-0.3, -0.25) is 0 Å². The Labute approximate surface area is 301 Å². The van der Waals surface area contributed by atoms with E-state index >= 15 is 0 Å². The molecule has 0 unspecified atom stereocenters. The van der Waals surface area contributed by atoms with Crippen molar-refractivity contribution in [2.24, 2.45) is 11.8 Å². The van der Waals surface area contributed by atoms with Gasteiger partial charge in [0.05, 0.1) is 31.7 Å². The van der Waals surface area contributed by atoms with E-state index in [1.165, 1.54) is 42.7 Å². The van der Waals surface area contributed by atoms with Gasteiger partial charge in [0, 0.05) is 23.5 Å². The fraction of sp³-hybridized carbons (Fsp3) is 0.486. The Hall–Kier alpha value is -4.34. The summed E-state index contributed by atoms with van der Waals surface area (Å²) >= 11 is 0. The van der Waals surface area contributed by atoms with Crippen molar-refractivity contribution in [2.75, 3.05) is 19.8 Å². The van der Waals surface area contributed by atoms with Crippen LogP contribution in [0.25, 0.3) is 11.1 Å². The van der Waals surface area contributed by atoms with Gasteiger partial charge in [-0.2, -0.15) is 0 Å². The molecule has 288 valence electrons. The monoisotopic (exact) mass is 748 g/mol. The van der Waals surface area contributed by atoms with Crippen LogP contribution in [0.4, 0.5) is 0 Å². The highest BCUT2D eigenvalue weighted by molar-refractivity contribution is 6.00. The smallest absolute Gasteiger partial charge is 0.343 e. The molecule has 0 spiro atoms. The number of aliphatic hydroxyl groups excluding tert-OH is 7. The number of phenolic OH excluding ortho intramolecular Hbond substituents is 2. The molecule has 6 rings (SSSR count). The topological polar surface area (TPSA) is 281 Å². The molecule has 53 heavy (non-hydrogen) atoms. The van der Waals surface area contributed by atoms with E-state index in [4.69, 9.17) is 33.2 Å². The Kier molecular flexibility index (Phi) is 11.6. The van der Waals surface area contributed by atoms with Gasteiger partial charge in [0.1, 0.15) is 65.5 Å². The molecule has 4 heterocycles. The first-order valence-electron chi connectivity index (χ1n) is 16.6. The van der Waals surface area contributed by atoms with E-state index in [1.807, 2.05) is 0 Å². The average Bonchev–Trinajstić information content (AvgIpc) is 3.14. The molecule has 0 saturated carbocycles. The summed E-state index contributed by atoms with van der Waals surface area (Å²) < 4.78 is 39.3. The SMILES string of the molecule is C=C[C@H]1[C@H](O[C@H]2O[C@@H](CO)[C@@H](O)[C@H](O)[C@H]2OC(=O)c2c(O)cc(O[C@H]3O[C@H](CO)[C@H](O)[C@@H](O)[C@H]3O)cc2-c2cccc(O)c2)OC=C2C(=O)OCC[C@H]21. The van der Waals surface area contributed by atoms with Crippen molar-refractivity contribution in [3.63, 3.8) is 0 Å². The lowest BCUT2D eigenvalue weighted by Crippen LogP contribution is -2.61. The number of hydrogen-bond donors (Lipinski definition) is 9. The summed E-state index contributed by atoms with van der Waals surface area (Å²) in [7, 11) is 0. The van der Waals surface area contributed by atoms with E-state index in [9.17, 15) is 55.5 Å². The van der Waals surface area contributed by atoms with Crippen LogP contribution < -0.4 is 4.74 Å². The van der Waals surface area contributed by atoms with Gasteiger partial charge in [0.25, 0.3) is 0 Å². The number of benzene rings is 2. The molecule has 0 aliphatic carbocycles. The van der Waals surface area contributed by atoms with Crippen molar-refractivity contribution < 1.29 is 88.7 Å². The van der Waals surface area contributed by atoms with E-state index in [-0.39, 0.29) is 34.8 Å². The number of aromatic hydroxyl groups is 2. The molecule has 18 heteroatoms. The number of rotatable bonds is 10. The van der Waals surface area contributed by atoms with Crippen LogP contribution in [0.15, 0.2) is 60.9 Å². The van der Waals surface area contributed by atoms with Crippen molar-refractivity contribution in [1.29, 1.82) is 0 Å². The molecule has 13 atom stereocenters. The Morgan fingerprint density at radius 1 is 0.887 bits per heavy atom. The van der Waals surface area contributed by atoms with Crippen LogP contribution in [0.1, 0.15) is 16.8 Å². The summed E-state index contributed by atoms with van der Waals surface area (Å²) in [5.41, 5.74) is -0.260. The molecule has 18 nitrogen and oxygen atoms in total. The maximum atomic E-state index is 14.0. The van der Waals surface area contributed by atoms with Crippen LogP contribution in [0, 0.1) is 11.8 Å². The maximum Gasteiger partial charge on any atom is 0.343 e. The third kappa shape index (κ3) is 7.56. The summed E-state index contributed by atoms with van der Waals surface area (Å²) in [6.45, 7) is 2.44. The fourth-order valence-corrected chi connectivity index (χ4v) is 6.71. The highest BCUT2D eigenvalue weighted by atomic mass is 16.8. The van der Waals surface area contributed by atoms with Crippen LogP contribution in [-0.2, 0) is 33.2 Å². The van der Waals surface area contributed by atoms with E-state index in [1.54, 1.807) is 0 Å². The van der Waals surface area contributed by atoms with Crippen LogP contribution in [0.3, 0.4) is 0 Å². The molecule has 0 amide bonds. The summed E-state index contributed by atoms with van der Waals surface area (Å²) in [6.07, 6.45) is -15.0. The second kappa shape index (κ2) is 15.9. The number of carbonyl (C=O) groups is 2. The molecule has 3 fully saturated rings. The molecule has 4 aliphatic heterocycles. The Bertz CT molecular complexity index is 1690. The van der Waals surface area contributed by atoms with Crippen LogP contribution in [-0.4, -0.2) is 145 Å². The zero-order valence-corrected chi connectivity index (χ0v) is 27.9. The number of ether oxygens (including phenoxy) is 7. The van der Waals surface area contributed by atoms with Gasteiger partial charge < -0.3 is 79.1 Å². The number of cyclic esters (lactones) is 1. The van der Waals surface area contributed by atoms with Crippen molar-refractivity contribution in [3.05, 3.63) is 66.5 Å². The van der Waals surface area contributed by atoms with Gasteiger partial charge in [-0.1, -0.05) is 18.2 Å². The number of hydrogen-bond acceptors (Lipinski definition) is 18. The molecule has 0 aromatic heterocycles. The fourth-order valence-electron chi connectivity index (χ4n) is 6.71. The minimum absolute atomic E-state index is 0.118. The largest absolute Gasteiger partial charge is 0.508 e. The second-order valence-corrected chi connectivity index (χ2v) is 12.9. The zero-order chi connectivity index (χ0) is 38.1. The molecule has 2 aromatic rings. The number of fused-ring (bicyclic) bond motifs is 1. The molecule has 2 aromatic carbocycles. The minimum Gasteiger partial charge on any atom is -0.508 e. The van der Waals surface area contributed by atoms with E-state index in [2.05, 4.69) is 6.58 Å². The molecule has 4 aliphatic rings. The minimum atomic E-state index is -1.92. The van der Waals surface area contributed by atoms with Gasteiger partial charge in [0.2, 0.25) is 18.9 Å². The van der Waals surface area contributed by atoms with Gasteiger partial charge in [-0.05, 0) is 30.2 Å². The summed E-state index contributed by atoms with van der Waals surface area (Å²) in [5.74, 6) is -4.21. The molecule has 0 bridgehead atoms. The third-order valence-corrected chi connectivity index (χ3v) is 9.57. The van der Waals surface area contributed by atoms with Crippen LogP contribution in [0.5, 0.6) is 17.2 Å². The summed E-state index contributed by atoms with van der Waals surface area (Å²) in [6, 6.07) is 7.61. The highest BCUT2D eigenvalue weighted by Crippen LogP contribution is 2.41. The molecule has 9 N–H and O–H groups in total. The number of aliphatic hydroxyl groups is 7. The quantitative estimate of drug-likeness (QED) is 0.0990. The predicted molar refractivity (Wildman–Crippen MR) is 173 cm³/mol. The normalized spacial score (nSPS) is 35.6. The average molecular weight is 749 g/mol. The number of phenols is 2. The lowest BCUT2D eigenvalue weighted by molar-refractivity contribution is -0.338. The van der Waals surface area contributed by atoms with Gasteiger partial charge in [-0.25, -0.2) is 9.59 Å². The number of esters is 2. The first-order chi connectivity index (χ1) is 25.4. The van der Waals surface area contributed by atoms with E-state index < -0.39 is 116 Å². The first kappa shape index (κ1) is 38.4. The molecular formula is C35H40O18.